The van der Waals surface area contributed by atoms with Crippen LogP contribution in [0.4, 0.5) is 0 Å². The molecule has 0 aliphatic rings. The Labute approximate surface area is 70.3 Å². The van der Waals surface area contributed by atoms with Gasteiger partial charge in [0.25, 0.3) is 0 Å². The Morgan fingerprint density at radius 2 is 2.08 bits per heavy atom. The summed E-state index contributed by atoms with van der Waals surface area (Å²) < 4.78 is 0. The van der Waals surface area contributed by atoms with E-state index in [9.17, 15) is 4.79 Å². The second-order valence-corrected chi connectivity index (χ2v) is 2.26. The van der Waals surface area contributed by atoms with Gasteiger partial charge in [-0.3, -0.25) is 0 Å². The number of aliphatic carboxylic acids is 1. The molecule has 1 unspecified atom stereocenters. The summed E-state index contributed by atoms with van der Waals surface area (Å²) in [5.41, 5.74) is 0.178. The van der Waals surface area contributed by atoms with Crippen LogP contribution < -0.4 is 0 Å². The Morgan fingerprint density at radius 1 is 1.58 bits per heavy atom. The van der Waals surface area contributed by atoms with Crippen LogP contribution >= 0.6 is 0 Å². The van der Waals surface area contributed by atoms with E-state index in [1.165, 1.54) is 13.0 Å². The minimum absolute atomic E-state index is 0. The van der Waals surface area contributed by atoms with Gasteiger partial charge in [-0.25, -0.2) is 4.79 Å². The maximum atomic E-state index is 10.2. The Hall–Kier alpha value is -0.910. The lowest BCUT2D eigenvalue weighted by atomic mass is 10.2. The van der Waals surface area contributed by atoms with Gasteiger partial charge in [0, 0.05) is 5.57 Å². The average molecular weight is 178 g/mol. The van der Waals surface area contributed by atoms with Crippen molar-refractivity contribution in [1.29, 1.82) is 0 Å². The molecular formula is C7H14O5. The summed E-state index contributed by atoms with van der Waals surface area (Å²) in [4.78, 5) is 10.2. The zero-order chi connectivity index (χ0) is 8.85. The van der Waals surface area contributed by atoms with Crippen molar-refractivity contribution in [2.24, 2.45) is 0 Å². The number of carboxylic acids is 1. The third-order valence-electron chi connectivity index (χ3n) is 1.24. The normalized spacial score (nSPS) is 13.4. The summed E-state index contributed by atoms with van der Waals surface area (Å²) in [6.07, 6.45) is 0.696. The second-order valence-electron chi connectivity index (χ2n) is 2.26. The van der Waals surface area contributed by atoms with Crippen molar-refractivity contribution in [2.45, 2.75) is 19.4 Å². The van der Waals surface area contributed by atoms with Crippen LogP contribution in [0.25, 0.3) is 0 Å². The van der Waals surface area contributed by atoms with E-state index in [2.05, 4.69) is 0 Å². The van der Waals surface area contributed by atoms with Crippen LogP contribution in [0.5, 0.6) is 0 Å². The first-order valence-corrected chi connectivity index (χ1v) is 3.27. The van der Waals surface area contributed by atoms with E-state index in [1.54, 1.807) is 0 Å². The molecule has 5 heteroatoms. The molecule has 0 aromatic rings. The van der Waals surface area contributed by atoms with E-state index < -0.39 is 12.1 Å². The fourth-order valence-corrected chi connectivity index (χ4v) is 0.475. The first-order chi connectivity index (χ1) is 5.07. The molecule has 0 saturated carbocycles. The summed E-state index contributed by atoms with van der Waals surface area (Å²) in [6, 6.07) is 0. The summed E-state index contributed by atoms with van der Waals surface area (Å²) in [5.74, 6) is -1.00. The van der Waals surface area contributed by atoms with Crippen molar-refractivity contribution in [3.8, 4) is 0 Å². The van der Waals surface area contributed by atoms with E-state index in [0.29, 0.717) is 0 Å². The van der Waals surface area contributed by atoms with Gasteiger partial charge in [-0.15, -0.1) is 0 Å². The van der Waals surface area contributed by atoms with Crippen LogP contribution in [-0.2, 0) is 4.79 Å². The van der Waals surface area contributed by atoms with Crippen molar-refractivity contribution >= 4 is 5.97 Å². The molecular weight excluding hydrogens is 164 g/mol. The first kappa shape index (κ1) is 13.7. The Morgan fingerprint density at radius 3 is 2.42 bits per heavy atom. The Kier molecular flexibility index (Phi) is 7.72. The second kappa shape index (κ2) is 6.78. The van der Waals surface area contributed by atoms with Crippen LogP contribution in [0.1, 0.15) is 13.3 Å². The number of rotatable bonds is 4. The fraction of sp³-hybridized carbons (Fsp3) is 0.571. The van der Waals surface area contributed by atoms with Gasteiger partial charge >= 0.3 is 5.97 Å². The number of aliphatic hydroxyl groups is 2. The number of hydrogen-bond acceptors (Lipinski definition) is 3. The highest BCUT2D eigenvalue weighted by Gasteiger charge is 2.02. The molecule has 0 fully saturated rings. The highest BCUT2D eigenvalue weighted by atomic mass is 16.4. The topological polar surface area (TPSA) is 109 Å². The zero-order valence-electron chi connectivity index (χ0n) is 6.82. The molecule has 0 aromatic heterocycles. The molecule has 1 atom stereocenters. The molecule has 72 valence electrons. The molecule has 12 heavy (non-hydrogen) atoms. The lowest BCUT2D eigenvalue weighted by molar-refractivity contribution is -0.132. The smallest absolute Gasteiger partial charge is 0.330 e. The molecule has 0 spiro atoms. The minimum atomic E-state index is -1.00. The molecule has 0 saturated heterocycles. The van der Waals surface area contributed by atoms with Gasteiger partial charge in [0.2, 0.25) is 0 Å². The predicted molar refractivity (Wildman–Crippen MR) is 42.7 cm³/mol. The third kappa shape index (κ3) is 5.84. The highest BCUT2D eigenvalue weighted by Crippen LogP contribution is 1.98. The zero-order valence-corrected chi connectivity index (χ0v) is 6.82. The lowest BCUT2D eigenvalue weighted by Gasteiger charge is -2.01. The van der Waals surface area contributed by atoms with Crippen LogP contribution in [-0.4, -0.2) is 39.5 Å². The van der Waals surface area contributed by atoms with Crippen molar-refractivity contribution in [3.05, 3.63) is 11.6 Å². The predicted octanol–water partition coefficient (Wildman–Crippen LogP) is -1.06. The van der Waals surface area contributed by atoms with Gasteiger partial charge in [-0.05, 0) is 13.3 Å². The number of hydrogen-bond donors (Lipinski definition) is 3. The van der Waals surface area contributed by atoms with Gasteiger partial charge in [0.1, 0.15) is 0 Å². The van der Waals surface area contributed by atoms with E-state index in [0.717, 1.165) is 0 Å². The fourth-order valence-electron chi connectivity index (χ4n) is 0.475. The van der Waals surface area contributed by atoms with Gasteiger partial charge in [0.05, 0.1) is 12.7 Å². The SMILES string of the molecule is CC(=CCC(O)CO)C(=O)O.O. The van der Waals surface area contributed by atoms with E-state index >= 15 is 0 Å². The molecule has 0 aromatic carbocycles. The van der Waals surface area contributed by atoms with Crippen LogP contribution in [0.15, 0.2) is 11.6 Å². The summed E-state index contributed by atoms with van der Waals surface area (Å²) in [6.45, 7) is 1.09. The molecule has 0 radical (unpaired) electrons. The molecule has 0 bridgehead atoms. The Bertz CT molecular complexity index is 163. The molecule has 5 nitrogen and oxygen atoms in total. The van der Waals surface area contributed by atoms with E-state index in [4.69, 9.17) is 15.3 Å². The van der Waals surface area contributed by atoms with Gasteiger partial charge < -0.3 is 20.8 Å². The van der Waals surface area contributed by atoms with Gasteiger partial charge in [-0.2, -0.15) is 0 Å². The van der Waals surface area contributed by atoms with E-state index in [1.807, 2.05) is 0 Å². The van der Waals surface area contributed by atoms with Crippen LogP contribution in [0.2, 0.25) is 0 Å². The number of carboxylic acid groups (broad SMARTS) is 1. The van der Waals surface area contributed by atoms with Crippen LogP contribution in [0, 0.1) is 0 Å². The average Bonchev–Trinajstić information content (AvgIpc) is 1.99. The molecule has 0 rings (SSSR count). The van der Waals surface area contributed by atoms with E-state index in [-0.39, 0.29) is 24.1 Å². The first-order valence-electron chi connectivity index (χ1n) is 3.27. The van der Waals surface area contributed by atoms with Crippen molar-refractivity contribution in [1.82, 2.24) is 0 Å². The molecule has 0 aliphatic carbocycles. The van der Waals surface area contributed by atoms with Gasteiger partial charge in [0.15, 0.2) is 0 Å². The summed E-state index contributed by atoms with van der Waals surface area (Å²) in [5, 5.41) is 25.5. The molecule has 0 aliphatic heterocycles. The Balaban J connectivity index is 0. The maximum absolute atomic E-state index is 10.2. The van der Waals surface area contributed by atoms with Gasteiger partial charge in [-0.1, -0.05) is 6.08 Å². The third-order valence-corrected chi connectivity index (χ3v) is 1.24. The van der Waals surface area contributed by atoms with Crippen molar-refractivity contribution in [2.75, 3.05) is 6.61 Å². The minimum Gasteiger partial charge on any atom is -0.478 e. The molecule has 0 amide bonds. The maximum Gasteiger partial charge on any atom is 0.330 e. The summed E-state index contributed by atoms with van der Waals surface area (Å²) >= 11 is 0. The van der Waals surface area contributed by atoms with Crippen molar-refractivity contribution in [3.63, 3.8) is 0 Å². The molecule has 5 N–H and O–H groups in total. The quantitative estimate of drug-likeness (QED) is 0.476. The monoisotopic (exact) mass is 178 g/mol. The largest absolute Gasteiger partial charge is 0.478 e. The number of aliphatic hydroxyl groups excluding tert-OH is 2. The molecule has 0 heterocycles. The van der Waals surface area contributed by atoms with Crippen LogP contribution in [0.3, 0.4) is 0 Å². The summed E-state index contributed by atoms with van der Waals surface area (Å²) in [7, 11) is 0. The number of carbonyl (C=O) groups is 1. The highest BCUT2D eigenvalue weighted by molar-refractivity contribution is 5.85. The lowest BCUT2D eigenvalue weighted by Crippen LogP contribution is -2.10. The van der Waals surface area contributed by atoms with Crippen molar-refractivity contribution < 1.29 is 25.6 Å². The standard InChI is InChI=1S/C7H12O4.H2O/c1-5(7(10)11)2-3-6(9)4-8;/h2,6,8-9H,3-4H2,1H3,(H,10,11);1H2.